The summed E-state index contributed by atoms with van der Waals surface area (Å²) in [6.07, 6.45) is 4.33. The number of fused-ring (bicyclic) bond motifs is 1. The highest BCUT2D eigenvalue weighted by Gasteiger charge is 2.05. The van der Waals surface area contributed by atoms with Crippen LogP contribution in [-0.2, 0) is 6.54 Å². The predicted octanol–water partition coefficient (Wildman–Crippen LogP) is 2.78. The van der Waals surface area contributed by atoms with Gasteiger partial charge in [0.15, 0.2) is 0 Å². The van der Waals surface area contributed by atoms with Crippen molar-refractivity contribution in [2.45, 2.75) is 26.3 Å². The molecule has 92 valence electrons. The Morgan fingerprint density at radius 1 is 1.24 bits per heavy atom. The van der Waals surface area contributed by atoms with E-state index in [9.17, 15) is 0 Å². The van der Waals surface area contributed by atoms with E-state index in [2.05, 4.69) is 22.9 Å². The van der Waals surface area contributed by atoms with Crippen LogP contribution >= 0.6 is 0 Å². The molecule has 0 atom stereocenters. The Kier molecular flexibility index (Phi) is 4.04. The van der Waals surface area contributed by atoms with Gasteiger partial charge < -0.3 is 15.0 Å². The van der Waals surface area contributed by atoms with Gasteiger partial charge >= 0.3 is 0 Å². The number of hydrogen-bond acceptors (Lipinski definition) is 2. The molecule has 3 heteroatoms. The first-order valence-corrected chi connectivity index (χ1v) is 6.27. The molecule has 0 radical (unpaired) electrons. The number of nitrogens with zero attached hydrogens (tertiary/aromatic N) is 1. The molecule has 0 saturated heterocycles. The molecular formula is C14H20N2O. The van der Waals surface area contributed by atoms with Crippen molar-refractivity contribution in [1.82, 2.24) is 4.57 Å². The van der Waals surface area contributed by atoms with Gasteiger partial charge in [-0.3, -0.25) is 0 Å². The number of hydrogen-bond donors (Lipinski definition) is 1. The second-order valence-corrected chi connectivity index (χ2v) is 4.13. The third kappa shape index (κ3) is 2.61. The zero-order valence-corrected chi connectivity index (χ0v) is 10.4. The molecule has 0 fully saturated rings. The molecule has 1 heterocycles. The van der Waals surface area contributed by atoms with Crippen LogP contribution < -0.4 is 10.5 Å². The Hall–Kier alpha value is -1.48. The summed E-state index contributed by atoms with van der Waals surface area (Å²) in [6, 6.07) is 8.34. The van der Waals surface area contributed by atoms with Crippen LogP contribution in [0.15, 0.2) is 30.5 Å². The van der Waals surface area contributed by atoms with Gasteiger partial charge in [0.25, 0.3) is 0 Å². The maximum Gasteiger partial charge on any atom is 0.128 e. The smallest absolute Gasteiger partial charge is 0.128 e. The van der Waals surface area contributed by atoms with E-state index in [0.717, 1.165) is 31.7 Å². The molecule has 1 aromatic carbocycles. The van der Waals surface area contributed by atoms with Gasteiger partial charge in [-0.15, -0.1) is 0 Å². The standard InChI is InChI=1S/C14H20N2O/c1-2-17-14-7-5-6-13-12(14)8-11-16(13)10-4-3-9-15/h5-8,11H,2-4,9-10,15H2,1H3. The van der Waals surface area contributed by atoms with Gasteiger partial charge in [-0.05, 0) is 44.5 Å². The number of aryl methyl sites for hydroxylation is 1. The highest BCUT2D eigenvalue weighted by atomic mass is 16.5. The van der Waals surface area contributed by atoms with Crippen LogP contribution in [0.5, 0.6) is 5.75 Å². The van der Waals surface area contributed by atoms with Crippen molar-refractivity contribution in [3.63, 3.8) is 0 Å². The lowest BCUT2D eigenvalue weighted by atomic mass is 10.2. The van der Waals surface area contributed by atoms with Crippen LogP contribution in [-0.4, -0.2) is 17.7 Å². The summed E-state index contributed by atoms with van der Waals surface area (Å²) in [4.78, 5) is 0. The van der Waals surface area contributed by atoms with Crippen LogP contribution in [0, 0.1) is 0 Å². The Balaban J connectivity index is 2.24. The van der Waals surface area contributed by atoms with E-state index in [1.807, 2.05) is 19.1 Å². The topological polar surface area (TPSA) is 40.2 Å². The zero-order chi connectivity index (χ0) is 12.1. The van der Waals surface area contributed by atoms with Crippen LogP contribution in [0.1, 0.15) is 19.8 Å². The van der Waals surface area contributed by atoms with Crippen molar-refractivity contribution in [2.24, 2.45) is 5.73 Å². The monoisotopic (exact) mass is 232 g/mol. The summed E-state index contributed by atoms with van der Waals surface area (Å²) in [6.45, 7) is 4.51. The molecule has 17 heavy (non-hydrogen) atoms. The largest absolute Gasteiger partial charge is 0.493 e. The number of ether oxygens (including phenoxy) is 1. The highest BCUT2D eigenvalue weighted by Crippen LogP contribution is 2.26. The third-order valence-electron chi connectivity index (χ3n) is 2.93. The maximum absolute atomic E-state index is 5.62. The number of benzene rings is 1. The van der Waals surface area contributed by atoms with Crippen molar-refractivity contribution in [3.8, 4) is 5.75 Å². The minimum atomic E-state index is 0.706. The molecule has 0 amide bonds. The molecule has 2 N–H and O–H groups in total. The highest BCUT2D eigenvalue weighted by molar-refractivity contribution is 5.86. The molecule has 0 aliphatic carbocycles. The van der Waals surface area contributed by atoms with Gasteiger partial charge in [0, 0.05) is 18.1 Å². The first-order valence-electron chi connectivity index (χ1n) is 6.27. The molecule has 0 unspecified atom stereocenters. The van der Waals surface area contributed by atoms with Crippen molar-refractivity contribution >= 4 is 10.9 Å². The summed E-state index contributed by atoms with van der Waals surface area (Å²) < 4.78 is 7.90. The van der Waals surface area contributed by atoms with E-state index in [-0.39, 0.29) is 0 Å². The van der Waals surface area contributed by atoms with Crippen molar-refractivity contribution in [1.29, 1.82) is 0 Å². The minimum Gasteiger partial charge on any atom is -0.493 e. The molecule has 2 rings (SSSR count). The summed E-state index contributed by atoms with van der Waals surface area (Å²) in [5, 5.41) is 1.20. The van der Waals surface area contributed by atoms with Crippen LogP contribution in [0.2, 0.25) is 0 Å². The molecular weight excluding hydrogens is 212 g/mol. The van der Waals surface area contributed by atoms with Crippen LogP contribution in [0.25, 0.3) is 10.9 Å². The maximum atomic E-state index is 5.62. The number of aromatic nitrogens is 1. The lowest BCUT2D eigenvalue weighted by Gasteiger charge is -2.07. The van der Waals surface area contributed by atoms with E-state index in [1.54, 1.807) is 0 Å². The van der Waals surface area contributed by atoms with Crippen LogP contribution in [0.3, 0.4) is 0 Å². The van der Waals surface area contributed by atoms with Gasteiger partial charge in [-0.1, -0.05) is 6.07 Å². The first-order chi connectivity index (χ1) is 8.36. The van der Waals surface area contributed by atoms with E-state index in [1.165, 1.54) is 10.9 Å². The van der Waals surface area contributed by atoms with Crippen molar-refractivity contribution in [2.75, 3.05) is 13.2 Å². The molecule has 3 nitrogen and oxygen atoms in total. The Bertz CT molecular complexity index is 476. The van der Waals surface area contributed by atoms with Gasteiger partial charge in [-0.2, -0.15) is 0 Å². The fraction of sp³-hybridized carbons (Fsp3) is 0.429. The van der Waals surface area contributed by atoms with Gasteiger partial charge in [-0.25, -0.2) is 0 Å². The molecule has 0 saturated carbocycles. The van der Waals surface area contributed by atoms with E-state index < -0.39 is 0 Å². The van der Waals surface area contributed by atoms with Crippen molar-refractivity contribution in [3.05, 3.63) is 30.5 Å². The summed E-state index contributed by atoms with van der Waals surface area (Å²) in [5.41, 5.74) is 6.76. The Morgan fingerprint density at radius 3 is 2.88 bits per heavy atom. The number of rotatable bonds is 6. The molecule has 0 aliphatic rings. The van der Waals surface area contributed by atoms with Crippen molar-refractivity contribution < 1.29 is 4.74 Å². The fourth-order valence-electron chi connectivity index (χ4n) is 2.10. The number of unbranched alkanes of at least 4 members (excludes halogenated alkanes) is 1. The average molecular weight is 232 g/mol. The Labute approximate surface area is 102 Å². The zero-order valence-electron chi connectivity index (χ0n) is 10.4. The van der Waals surface area contributed by atoms with Crippen LogP contribution in [0.4, 0.5) is 0 Å². The van der Waals surface area contributed by atoms with Gasteiger partial charge in [0.05, 0.1) is 12.1 Å². The molecule has 0 aliphatic heterocycles. The van der Waals surface area contributed by atoms with E-state index in [4.69, 9.17) is 10.5 Å². The van der Waals surface area contributed by atoms with E-state index >= 15 is 0 Å². The second kappa shape index (κ2) is 5.73. The quantitative estimate of drug-likeness (QED) is 0.778. The second-order valence-electron chi connectivity index (χ2n) is 4.13. The normalized spacial score (nSPS) is 10.9. The Morgan fingerprint density at radius 2 is 2.12 bits per heavy atom. The van der Waals surface area contributed by atoms with Gasteiger partial charge in [0.2, 0.25) is 0 Å². The lowest BCUT2D eigenvalue weighted by molar-refractivity contribution is 0.344. The minimum absolute atomic E-state index is 0.706. The molecule has 0 bridgehead atoms. The van der Waals surface area contributed by atoms with E-state index in [0.29, 0.717) is 6.61 Å². The molecule has 0 spiro atoms. The summed E-state index contributed by atoms with van der Waals surface area (Å²) in [5.74, 6) is 0.975. The fourth-order valence-corrected chi connectivity index (χ4v) is 2.10. The summed E-state index contributed by atoms with van der Waals surface area (Å²) in [7, 11) is 0. The van der Waals surface area contributed by atoms with Gasteiger partial charge in [0.1, 0.15) is 5.75 Å². The summed E-state index contributed by atoms with van der Waals surface area (Å²) >= 11 is 0. The molecule has 2 aromatic rings. The lowest BCUT2D eigenvalue weighted by Crippen LogP contribution is -2.02. The third-order valence-corrected chi connectivity index (χ3v) is 2.93. The molecule has 1 aromatic heterocycles. The number of nitrogens with two attached hydrogens (primary N) is 1. The SMILES string of the molecule is CCOc1cccc2c1ccn2CCCCN. The predicted molar refractivity (Wildman–Crippen MR) is 71.4 cm³/mol. The average Bonchev–Trinajstić information content (AvgIpc) is 2.75. The first kappa shape index (κ1) is 12.0.